The Labute approximate surface area is 132 Å². The molecule has 0 saturated heterocycles. The minimum Gasteiger partial charge on any atom is -0.486 e. The van der Waals surface area contributed by atoms with Crippen LogP contribution in [0.3, 0.4) is 0 Å². The highest BCUT2D eigenvalue weighted by Crippen LogP contribution is 2.15. The number of carbonyl (C=O) groups excluding carboxylic acids is 1. The second kappa shape index (κ2) is 10.8. The van der Waals surface area contributed by atoms with Crippen molar-refractivity contribution in [1.82, 2.24) is 0 Å². The van der Waals surface area contributed by atoms with Crippen LogP contribution >= 0.6 is 0 Å². The third kappa shape index (κ3) is 9.94. The molecule has 0 aromatic heterocycles. The number of benzene rings is 1. The van der Waals surface area contributed by atoms with Crippen molar-refractivity contribution in [2.45, 2.75) is 40.7 Å². The van der Waals surface area contributed by atoms with Crippen LogP contribution in [0.4, 0.5) is 0 Å². The highest BCUT2D eigenvalue weighted by Gasteiger charge is 2.14. The SMILES string of the molecule is CC(=O)O.CC(C)C[C@@H](C)C(=O)COc1ccc(CN)cc1. The summed E-state index contributed by atoms with van der Waals surface area (Å²) in [6, 6.07) is 7.53. The number of ether oxygens (including phenoxy) is 1. The van der Waals surface area contributed by atoms with E-state index in [1.54, 1.807) is 0 Å². The molecule has 22 heavy (non-hydrogen) atoms. The maximum absolute atomic E-state index is 11.8. The Bertz CT molecular complexity index is 450. The maximum atomic E-state index is 11.8. The van der Waals surface area contributed by atoms with E-state index in [9.17, 15) is 4.79 Å². The maximum Gasteiger partial charge on any atom is 0.300 e. The van der Waals surface area contributed by atoms with E-state index in [0.717, 1.165) is 24.7 Å². The molecule has 1 rings (SSSR count). The quantitative estimate of drug-likeness (QED) is 0.808. The molecule has 5 heteroatoms. The van der Waals surface area contributed by atoms with Crippen molar-refractivity contribution >= 4 is 11.8 Å². The van der Waals surface area contributed by atoms with Gasteiger partial charge in [-0.1, -0.05) is 32.9 Å². The molecule has 1 atom stereocenters. The number of hydrogen-bond donors (Lipinski definition) is 2. The van der Waals surface area contributed by atoms with Crippen LogP contribution in [0.2, 0.25) is 0 Å². The first-order valence-electron chi connectivity index (χ1n) is 7.40. The average Bonchev–Trinajstić information content (AvgIpc) is 2.44. The van der Waals surface area contributed by atoms with E-state index in [1.807, 2.05) is 31.2 Å². The van der Waals surface area contributed by atoms with E-state index in [0.29, 0.717) is 12.5 Å². The lowest BCUT2D eigenvalue weighted by molar-refractivity contribution is -0.134. The third-order valence-electron chi connectivity index (χ3n) is 2.91. The molecule has 1 aromatic rings. The highest BCUT2D eigenvalue weighted by molar-refractivity contribution is 5.82. The zero-order chi connectivity index (χ0) is 17.1. The second-order valence-electron chi connectivity index (χ2n) is 5.65. The molecule has 0 spiro atoms. The van der Waals surface area contributed by atoms with Gasteiger partial charge in [0.25, 0.3) is 5.97 Å². The lowest BCUT2D eigenvalue weighted by Crippen LogP contribution is -2.20. The Morgan fingerprint density at radius 3 is 2.09 bits per heavy atom. The number of aliphatic carboxylic acids is 1. The highest BCUT2D eigenvalue weighted by atomic mass is 16.5. The molecule has 0 fully saturated rings. The molecule has 0 aliphatic carbocycles. The molecule has 124 valence electrons. The van der Waals surface area contributed by atoms with Crippen molar-refractivity contribution < 1.29 is 19.4 Å². The Morgan fingerprint density at radius 1 is 1.18 bits per heavy atom. The summed E-state index contributed by atoms with van der Waals surface area (Å²) >= 11 is 0. The van der Waals surface area contributed by atoms with Crippen molar-refractivity contribution in [3.8, 4) is 5.75 Å². The molecular formula is C17H27NO4. The van der Waals surface area contributed by atoms with Gasteiger partial charge in [-0.3, -0.25) is 9.59 Å². The van der Waals surface area contributed by atoms with E-state index in [4.69, 9.17) is 20.4 Å². The summed E-state index contributed by atoms with van der Waals surface area (Å²) in [7, 11) is 0. The molecule has 0 heterocycles. The van der Waals surface area contributed by atoms with Gasteiger partial charge in [0.2, 0.25) is 0 Å². The summed E-state index contributed by atoms with van der Waals surface area (Å²) < 4.78 is 5.48. The van der Waals surface area contributed by atoms with Crippen molar-refractivity contribution in [2.75, 3.05) is 6.61 Å². The average molecular weight is 309 g/mol. The Hall–Kier alpha value is -1.88. The van der Waals surface area contributed by atoms with Crippen molar-refractivity contribution in [2.24, 2.45) is 17.6 Å². The number of carboxylic acid groups (broad SMARTS) is 1. The van der Waals surface area contributed by atoms with Crippen molar-refractivity contribution in [1.29, 1.82) is 0 Å². The lowest BCUT2D eigenvalue weighted by Gasteiger charge is -2.13. The van der Waals surface area contributed by atoms with E-state index >= 15 is 0 Å². The fourth-order valence-corrected chi connectivity index (χ4v) is 1.86. The van der Waals surface area contributed by atoms with Gasteiger partial charge in [0.1, 0.15) is 12.4 Å². The molecule has 1 aromatic carbocycles. The van der Waals surface area contributed by atoms with Crippen LogP contribution in [-0.2, 0) is 16.1 Å². The van der Waals surface area contributed by atoms with Crippen molar-refractivity contribution in [3.63, 3.8) is 0 Å². The van der Waals surface area contributed by atoms with Crippen LogP contribution < -0.4 is 10.5 Å². The Morgan fingerprint density at radius 2 is 1.68 bits per heavy atom. The van der Waals surface area contributed by atoms with Gasteiger partial charge < -0.3 is 15.6 Å². The number of rotatable bonds is 7. The minimum atomic E-state index is -0.833. The molecule has 5 nitrogen and oxygen atoms in total. The van der Waals surface area contributed by atoms with Gasteiger partial charge in [-0.2, -0.15) is 0 Å². The number of Topliss-reactive ketones (excluding diaryl/α,β-unsaturated/α-hetero) is 1. The standard InChI is InChI=1S/C15H23NO2.C2H4O2/c1-11(2)8-12(3)15(17)10-18-14-6-4-13(9-16)5-7-14;1-2(3)4/h4-7,11-12H,8-10,16H2,1-3H3;1H3,(H,3,4)/t12-;/m1./s1. The first-order chi connectivity index (χ1) is 10.3. The Balaban J connectivity index is 0.000000980. The number of hydrogen-bond acceptors (Lipinski definition) is 4. The molecule has 0 amide bonds. The van der Waals surface area contributed by atoms with Gasteiger partial charge in [-0.25, -0.2) is 0 Å². The fourth-order valence-electron chi connectivity index (χ4n) is 1.86. The smallest absolute Gasteiger partial charge is 0.300 e. The van der Waals surface area contributed by atoms with Crippen LogP contribution in [0.25, 0.3) is 0 Å². The second-order valence-corrected chi connectivity index (χ2v) is 5.65. The number of nitrogens with two attached hydrogens (primary N) is 1. The summed E-state index contributed by atoms with van der Waals surface area (Å²) in [6.07, 6.45) is 0.911. The van der Waals surface area contributed by atoms with Crippen LogP contribution in [0, 0.1) is 11.8 Å². The van der Waals surface area contributed by atoms with E-state index < -0.39 is 5.97 Å². The fraction of sp³-hybridized carbons (Fsp3) is 0.529. The normalized spacial score (nSPS) is 11.4. The number of carboxylic acids is 1. The molecule has 0 radical (unpaired) electrons. The van der Waals surface area contributed by atoms with E-state index in [-0.39, 0.29) is 18.3 Å². The van der Waals surface area contributed by atoms with Crippen LogP contribution in [0.5, 0.6) is 5.75 Å². The number of carbonyl (C=O) groups is 2. The zero-order valence-corrected chi connectivity index (χ0v) is 13.8. The zero-order valence-electron chi connectivity index (χ0n) is 13.8. The van der Waals surface area contributed by atoms with Crippen LogP contribution in [0.15, 0.2) is 24.3 Å². The van der Waals surface area contributed by atoms with Crippen molar-refractivity contribution in [3.05, 3.63) is 29.8 Å². The monoisotopic (exact) mass is 309 g/mol. The first-order valence-corrected chi connectivity index (χ1v) is 7.40. The summed E-state index contributed by atoms with van der Waals surface area (Å²) in [5.41, 5.74) is 6.57. The minimum absolute atomic E-state index is 0.0633. The topological polar surface area (TPSA) is 89.6 Å². The molecule has 0 aliphatic heterocycles. The molecule has 0 bridgehead atoms. The van der Waals surface area contributed by atoms with Crippen LogP contribution in [-0.4, -0.2) is 23.5 Å². The van der Waals surface area contributed by atoms with Gasteiger partial charge in [0.05, 0.1) is 0 Å². The summed E-state index contributed by atoms with van der Waals surface area (Å²) in [5.74, 6) is 0.644. The molecule has 0 aliphatic rings. The largest absolute Gasteiger partial charge is 0.486 e. The van der Waals surface area contributed by atoms with E-state index in [1.165, 1.54) is 0 Å². The van der Waals surface area contributed by atoms with E-state index in [2.05, 4.69) is 13.8 Å². The summed E-state index contributed by atoms with van der Waals surface area (Å²) in [4.78, 5) is 20.8. The van der Waals surface area contributed by atoms with Gasteiger partial charge in [0.15, 0.2) is 5.78 Å². The lowest BCUT2D eigenvalue weighted by atomic mass is 9.95. The van der Waals surface area contributed by atoms with Gasteiger partial charge in [-0.15, -0.1) is 0 Å². The summed E-state index contributed by atoms with van der Waals surface area (Å²) in [6.45, 7) is 7.95. The third-order valence-corrected chi connectivity index (χ3v) is 2.91. The number of ketones is 1. The van der Waals surface area contributed by atoms with Gasteiger partial charge in [0, 0.05) is 19.4 Å². The predicted octanol–water partition coefficient (Wildman–Crippen LogP) is 2.87. The molecule has 0 unspecified atom stereocenters. The molecule has 3 N–H and O–H groups in total. The van der Waals surface area contributed by atoms with Crippen LogP contribution in [0.1, 0.15) is 39.7 Å². The summed E-state index contributed by atoms with van der Waals surface area (Å²) in [5, 5.41) is 7.42. The molecular weight excluding hydrogens is 282 g/mol. The predicted molar refractivity (Wildman–Crippen MR) is 86.8 cm³/mol. The van der Waals surface area contributed by atoms with Gasteiger partial charge >= 0.3 is 0 Å². The first kappa shape index (κ1) is 20.1. The van der Waals surface area contributed by atoms with Gasteiger partial charge in [-0.05, 0) is 30.0 Å². The Kier molecular flexibility index (Phi) is 9.87. The molecule has 0 saturated carbocycles.